The van der Waals surface area contributed by atoms with Gasteiger partial charge in [-0.25, -0.2) is 13.8 Å². The molecule has 30 heavy (non-hydrogen) atoms. The molecule has 1 aliphatic heterocycles. The summed E-state index contributed by atoms with van der Waals surface area (Å²) in [6.45, 7) is 2.87. The Morgan fingerprint density at radius 1 is 1.07 bits per heavy atom. The fraction of sp³-hybridized carbons (Fsp3) is 0.286. The van der Waals surface area contributed by atoms with Crippen molar-refractivity contribution < 1.29 is 13.6 Å². The summed E-state index contributed by atoms with van der Waals surface area (Å²) >= 11 is 0. The smallest absolute Gasteiger partial charge is 0.281 e. The van der Waals surface area contributed by atoms with Crippen molar-refractivity contribution >= 4 is 22.8 Å². The Morgan fingerprint density at radius 2 is 1.73 bits per heavy atom. The molecule has 1 aliphatic rings. The fourth-order valence-electron chi connectivity index (χ4n) is 3.50. The van der Waals surface area contributed by atoms with Crippen molar-refractivity contribution in [2.45, 2.75) is 6.42 Å². The molecule has 0 atom stereocenters. The van der Waals surface area contributed by atoms with Crippen LogP contribution in [0.5, 0.6) is 0 Å². The van der Waals surface area contributed by atoms with Gasteiger partial charge in [-0.1, -0.05) is 12.1 Å². The van der Waals surface area contributed by atoms with Gasteiger partial charge in [0.2, 0.25) is 11.9 Å². The van der Waals surface area contributed by atoms with Crippen LogP contribution in [0.1, 0.15) is 5.56 Å². The number of aromatic nitrogens is 2. The van der Waals surface area contributed by atoms with Crippen molar-refractivity contribution in [2.24, 2.45) is 0 Å². The van der Waals surface area contributed by atoms with Crippen LogP contribution in [0.3, 0.4) is 0 Å². The van der Waals surface area contributed by atoms with Gasteiger partial charge in [0.05, 0.1) is 17.3 Å². The van der Waals surface area contributed by atoms with E-state index in [1.54, 1.807) is 24.3 Å². The zero-order valence-electron chi connectivity index (χ0n) is 16.4. The van der Waals surface area contributed by atoms with E-state index in [0.29, 0.717) is 29.9 Å². The van der Waals surface area contributed by atoms with Crippen molar-refractivity contribution in [3.05, 3.63) is 70.0 Å². The van der Waals surface area contributed by atoms with E-state index in [1.807, 2.05) is 11.9 Å². The maximum Gasteiger partial charge on any atom is 0.281 e. The summed E-state index contributed by atoms with van der Waals surface area (Å²) < 4.78 is 28.0. The summed E-state index contributed by atoms with van der Waals surface area (Å²) in [7, 11) is 2.01. The van der Waals surface area contributed by atoms with Gasteiger partial charge in [0.1, 0.15) is 11.6 Å². The van der Waals surface area contributed by atoms with Gasteiger partial charge >= 0.3 is 0 Å². The Labute approximate surface area is 171 Å². The Morgan fingerprint density at radius 3 is 2.43 bits per heavy atom. The van der Waals surface area contributed by atoms with Crippen LogP contribution in [-0.2, 0) is 11.2 Å². The van der Waals surface area contributed by atoms with E-state index in [1.165, 1.54) is 0 Å². The number of hydrogen-bond acceptors (Lipinski definition) is 5. The third-order valence-corrected chi connectivity index (χ3v) is 5.07. The predicted octanol–water partition coefficient (Wildman–Crippen LogP) is 1.74. The minimum absolute atomic E-state index is 0.174. The van der Waals surface area contributed by atoms with Crippen LogP contribution < -0.4 is 15.9 Å². The number of hydrogen-bond donors (Lipinski definition) is 1. The first-order valence-corrected chi connectivity index (χ1v) is 9.61. The van der Waals surface area contributed by atoms with Crippen LogP contribution in [0, 0.1) is 11.6 Å². The van der Waals surface area contributed by atoms with E-state index in [-0.39, 0.29) is 12.0 Å². The van der Waals surface area contributed by atoms with Crippen molar-refractivity contribution in [1.82, 2.24) is 14.6 Å². The lowest BCUT2D eigenvalue weighted by molar-refractivity contribution is -0.116. The maximum absolute atomic E-state index is 13.4. The fourth-order valence-corrected chi connectivity index (χ4v) is 3.50. The van der Waals surface area contributed by atoms with Gasteiger partial charge in [-0.15, -0.1) is 0 Å². The average molecular weight is 413 g/mol. The number of halogens is 2. The second-order valence-corrected chi connectivity index (χ2v) is 7.35. The highest BCUT2D eigenvalue weighted by Crippen LogP contribution is 2.16. The lowest BCUT2D eigenvalue weighted by atomic mass is 10.1. The molecule has 1 N–H and O–H groups in total. The van der Waals surface area contributed by atoms with Crippen molar-refractivity contribution in [3.8, 4) is 0 Å². The molecule has 1 amide bonds. The molecule has 0 saturated carbocycles. The molecule has 0 unspecified atom stereocenters. The largest absolute Gasteiger partial charge is 0.338 e. The number of carbonyl (C=O) groups excluding carboxylic acids is 1. The second kappa shape index (κ2) is 8.19. The summed E-state index contributed by atoms with van der Waals surface area (Å²) in [6, 6.07) is 9.83. The van der Waals surface area contributed by atoms with Gasteiger partial charge in [0.15, 0.2) is 0 Å². The van der Waals surface area contributed by atoms with Crippen LogP contribution in [0.2, 0.25) is 0 Å². The first-order chi connectivity index (χ1) is 14.4. The maximum atomic E-state index is 13.4. The lowest BCUT2D eigenvalue weighted by Crippen LogP contribution is -2.48. The molecule has 0 spiro atoms. The number of amides is 1. The number of carbonyl (C=O) groups is 1. The molecule has 7 nitrogen and oxygen atoms in total. The van der Waals surface area contributed by atoms with Gasteiger partial charge in [-0.05, 0) is 36.9 Å². The molecule has 1 aromatic heterocycles. The number of fused-ring (bicyclic) bond motifs is 1. The highest BCUT2D eigenvalue weighted by Gasteiger charge is 2.22. The second-order valence-electron chi connectivity index (χ2n) is 7.35. The highest BCUT2D eigenvalue weighted by atomic mass is 19.1. The number of nitrogens with zero attached hydrogens (tertiary/aromatic N) is 4. The predicted molar refractivity (Wildman–Crippen MR) is 110 cm³/mol. The van der Waals surface area contributed by atoms with Gasteiger partial charge in [0, 0.05) is 32.2 Å². The van der Waals surface area contributed by atoms with Crippen LogP contribution in [-0.4, -0.2) is 53.7 Å². The minimum atomic E-state index is -0.763. The van der Waals surface area contributed by atoms with Crippen LogP contribution in [0.4, 0.5) is 14.7 Å². The number of para-hydroxylation sites is 1. The molecule has 1 fully saturated rings. The number of piperazine rings is 1. The molecule has 1 saturated heterocycles. The molecule has 0 bridgehead atoms. The molecule has 0 aliphatic carbocycles. The molecule has 9 heteroatoms. The van der Waals surface area contributed by atoms with Crippen LogP contribution in [0.25, 0.3) is 10.9 Å². The Bertz CT molecular complexity index is 1140. The van der Waals surface area contributed by atoms with Crippen molar-refractivity contribution in [1.29, 1.82) is 0 Å². The molecule has 156 valence electrons. The quantitative estimate of drug-likeness (QED) is 0.706. The summed E-state index contributed by atoms with van der Waals surface area (Å²) in [6.07, 6.45) is -0.282. The van der Waals surface area contributed by atoms with E-state index >= 15 is 0 Å². The SMILES string of the molecule is CN1CCN(c2nc3ccccc3c(=O)n2NC(=O)Cc2cc(F)cc(F)c2)CC1. The van der Waals surface area contributed by atoms with E-state index in [9.17, 15) is 18.4 Å². The normalized spacial score (nSPS) is 14.8. The van der Waals surface area contributed by atoms with E-state index in [2.05, 4.69) is 15.3 Å². The minimum Gasteiger partial charge on any atom is -0.338 e. The first kappa shape index (κ1) is 20.0. The number of nitrogens with one attached hydrogen (secondary N) is 1. The molecule has 3 aromatic rings. The first-order valence-electron chi connectivity index (χ1n) is 9.61. The molecule has 0 radical (unpaired) electrons. The van der Waals surface area contributed by atoms with E-state index < -0.39 is 23.1 Å². The molecule has 2 heterocycles. The molecular formula is C21H21F2N5O2. The van der Waals surface area contributed by atoms with Gasteiger partial charge in [0.25, 0.3) is 5.56 Å². The van der Waals surface area contributed by atoms with Gasteiger partial charge in [-0.2, -0.15) is 4.68 Å². The average Bonchev–Trinajstić information content (AvgIpc) is 2.70. The Balaban J connectivity index is 1.69. The molecule has 2 aromatic carbocycles. The third-order valence-electron chi connectivity index (χ3n) is 5.07. The van der Waals surface area contributed by atoms with Crippen LogP contribution in [0.15, 0.2) is 47.3 Å². The van der Waals surface area contributed by atoms with Gasteiger partial charge < -0.3 is 9.80 Å². The molecular weight excluding hydrogens is 392 g/mol. The van der Waals surface area contributed by atoms with Crippen molar-refractivity contribution in [3.63, 3.8) is 0 Å². The number of benzene rings is 2. The highest BCUT2D eigenvalue weighted by molar-refractivity contribution is 5.87. The Hall–Kier alpha value is -3.33. The van der Waals surface area contributed by atoms with E-state index in [0.717, 1.165) is 36.0 Å². The zero-order valence-corrected chi connectivity index (χ0v) is 16.4. The number of anilines is 1. The Kier molecular flexibility index (Phi) is 5.45. The van der Waals surface area contributed by atoms with Crippen molar-refractivity contribution in [2.75, 3.05) is 43.6 Å². The number of rotatable bonds is 4. The standard InChI is InChI=1S/C21H21F2N5O2/c1-26-6-8-27(9-7-26)21-24-18-5-3-2-4-17(18)20(30)28(21)25-19(29)12-14-10-15(22)13-16(23)11-14/h2-5,10-11,13H,6-9,12H2,1H3,(H,25,29). The summed E-state index contributed by atoms with van der Waals surface area (Å²) in [5, 5.41) is 0.368. The zero-order chi connectivity index (χ0) is 21.3. The summed E-state index contributed by atoms with van der Waals surface area (Å²) in [4.78, 5) is 34.4. The summed E-state index contributed by atoms with van der Waals surface area (Å²) in [5.41, 5.74) is 2.87. The van der Waals surface area contributed by atoms with Crippen LogP contribution >= 0.6 is 0 Å². The lowest BCUT2D eigenvalue weighted by Gasteiger charge is -2.34. The summed E-state index contributed by atoms with van der Waals surface area (Å²) in [5.74, 6) is -1.76. The number of likely N-dealkylation sites (N-methyl/N-ethyl adjacent to an activating group) is 1. The topological polar surface area (TPSA) is 70.5 Å². The van der Waals surface area contributed by atoms with Gasteiger partial charge in [-0.3, -0.25) is 15.0 Å². The monoisotopic (exact) mass is 413 g/mol. The van der Waals surface area contributed by atoms with E-state index in [4.69, 9.17) is 0 Å². The third kappa shape index (κ3) is 4.16. The molecule has 4 rings (SSSR count).